The van der Waals surface area contributed by atoms with Crippen molar-refractivity contribution < 1.29 is 4.42 Å². The van der Waals surface area contributed by atoms with E-state index in [1.165, 1.54) is 60.2 Å². The van der Waals surface area contributed by atoms with Crippen molar-refractivity contribution in [3.8, 4) is 0 Å². The Balaban J connectivity index is 0.990. The Morgan fingerprint density at radius 2 is 0.923 bits per heavy atom. The molecule has 1 aliphatic carbocycles. The lowest BCUT2D eigenvalue weighted by atomic mass is 9.84. The molecule has 0 bridgehead atoms. The van der Waals surface area contributed by atoms with Crippen LogP contribution in [0.4, 0.5) is 34.1 Å². The standard InChI is InChI=1S/C49H42N2O/c1-4-13-38(14-5-1)39-27-33-43(34-28-39)50(40-15-6-2-7-16-40)42-29-23-36(24-30-42)35-37-25-31-44(32-26-37)51(41-17-8-3-9-18-41)46-20-12-22-48-49(46)45-19-10-11-21-47(45)52-48/h2-3,6-12,15-34,38H,1,4-5,13-14,35H2. The van der Waals surface area contributed by atoms with Gasteiger partial charge in [-0.15, -0.1) is 0 Å². The Hall–Kier alpha value is -6.06. The molecular formula is C49H42N2O. The quantitative estimate of drug-likeness (QED) is 0.152. The molecule has 0 N–H and O–H groups in total. The van der Waals surface area contributed by atoms with E-state index in [-0.39, 0.29) is 0 Å². The first kappa shape index (κ1) is 31.9. The molecule has 0 aliphatic heterocycles. The highest BCUT2D eigenvalue weighted by molar-refractivity contribution is 6.13. The Bertz CT molecular complexity index is 2390. The number of hydrogen-bond donors (Lipinski definition) is 0. The number of furan rings is 1. The van der Waals surface area contributed by atoms with E-state index < -0.39 is 0 Å². The average Bonchev–Trinajstić information content (AvgIpc) is 3.60. The maximum absolute atomic E-state index is 6.27. The van der Waals surface area contributed by atoms with Crippen LogP contribution in [0.1, 0.15) is 54.7 Å². The molecule has 7 aromatic carbocycles. The van der Waals surface area contributed by atoms with Gasteiger partial charge in [0, 0.05) is 33.8 Å². The van der Waals surface area contributed by atoms with Crippen LogP contribution in [0.15, 0.2) is 180 Å². The molecule has 1 aromatic heterocycles. The minimum Gasteiger partial charge on any atom is -0.456 e. The minimum atomic E-state index is 0.703. The number of para-hydroxylation sites is 3. The van der Waals surface area contributed by atoms with E-state index in [0.717, 1.165) is 51.1 Å². The van der Waals surface area contributed by atoms with Crippen LogP contribution in [0.3, 0.4) is 0 Å². The first-order chi connectivity index (χ1) is 25.8. The van der Waals surface area contributed by atoms with Gasteiger partial charge in [-0.2, -0.15) is 0 Å². The maximum Gasteiger partial charge on any atom is 0.137 e. The third-order valence-corrected chi connectivity index (χ3v) is 10.7. The van der Waals surface area contributed by atoms with Gasteiger partial charge in [0.2, 0.25) is 0 Å². The summed E-state index contributed by atoms with van der Waals surface area (Å²) in [5, 5.41) is 2.24. The first-order valence-electron chi connectivity index (χ1n) is 18.7. The van der Waals surface area contributed by atoms with Crippen molar-refractivity contribution in [2.45, 2.75) is 44.4 Å². The summed E-state index contributed by atoms with van der Waals surface area (Å²) in [6.07, 6.45) is 7.58. The fourth-order valence-electron chi connectivity index (χ4n) is 8.06. The molecule has 0 amide bonds. The lowest BCUT2D eigenvalue weighted by Crippen LogP contribution is -2.11. The number of rotatable bonds is 9. The van der Waals surface area contributed by atoms with Gasteiger partial charge in [-0.25, -0.2) is 0 Å². The molecule has 0 unspecified atom stereocenters. The zero-order valence-corrected chi connectivity index (χ0v) is 29.4. The lowest BCUT2D eigenvalue weighted by molar-refractivity contribution is 0.443. The first-order valence-corrected chi connectivity index (χ1v) is 18.7. The summed E-state index contributed by atoms with van der Waals surface area (Å²) < 4.78 is 6.27. The Labute approximate surface area is 306 Å². The van der Waals surface area contributed by atoms with Crippen LogP contribution < -0.4 is 9.80 Å². The topological polar surface area (TPSA) is 19.6 Å². The zero-order valence-electron chi connectivity index (χ0n) is 29.4. The summed E-state index contributed by atoms with van der Waals surface area (Å²) in [5.74, 6) is 0.703. The molecule has 3 heteroatoms. The highest BCUT2D eigenvalue weighted by atomic mass is 16.3. The predicted octanol–water partition coefficient (Wildman–Crippen LogP) is 14.2. The van der Waals surface area contributed by atoms with Gasteiger partial charge in [0.05, 0.1) is 11.1 Å². The van der Waals surface area contributed by atoms with E-state index in [9.17, 15) is 0 Å². The Morgan fingerprint density at radius 3 is 1.56 bits per heavy atom. The largest absolute Gasteiger partial charge is 0.456 e. The maximum atomic E-state index is 6.27. The molecule has 1 fully saturated rings. The molecule has 0 spiro atoms. The Morgan fingerprint density at radius 1 is 0.423 bits per heavy atom. The molecule has 1 saturated carbocycles. The fraction of sp³-hybridized carbons (Fsp3) is 0.143. The minimum absolute atomic E-state index is 0.703. The van der Waals surface area contributed by atoms with Crippen LogP contribution >= 0.6 is 0 Å². The van der Waals surface area contributed by atoms with Crippen molar-refractivity contribution in [3.63, 3.8) is 0 Å². The van der Waals surface area contributed by atoms with E-state index in [1.54, 1.807) is 0 Å². The van der Waals surface area contributed by atoms with Crippen LogP contribution in [0.2, 0.25) is 0 Å². The van der Waals surface area contributed by atoms with E-state index in [4.69, 9.17) is 4.42 Å². The van der Waals surface area contributed by atoms with E-state index in [0.29, 0.717) is 5.92 Å². The van der Waals surface area contributed by atoms with Crippen LogP contribution in [-0.2, 0) is 6.42 Å². The van der Waals surface area contributed by atoms with Crippen molar-refractivity contribution in [1.29, 1.82) is 0 Å². The van der Waals surface area contributed by atoms with Gasteiger partial charge >= 0.3 is 0 Å². The van der Waals surface area contributed by atoms with Crippen molar-refractivity contribution in [1.82, 2.24) is 0 Å². The lowest BCUT2D eigenvalue weighted by Gasteiger charge is -2.27. The van der Waals surface area contributed by atoms with Gasteiger partial charge in [-0.05, 0) is 121 Å². The number of fused-ring (bicyclic) bond motifs is 3. The van der Waals surface area contributed by atoms with Crippen LogP contribution in [0.5, 0.6) is 0 Å². The smallest absolute Gasteiger partial charge is 0.137 e. The Kier molecular flexibility index (Phi) is 8.76. The number of nitrogens with zero attached hydrogens (tertiary/aromatic N) is 2. The van der Waals surface area contributed by atoms with Crippen molar-refractivity contribution in [2.24, 2.45) is 0 Å². The zero-order chi connectivity index (χ0) is 34.7. The monoisotopic (exact) mass is 674 g/mol. The van der Waals surface area contributed by atoms with Crippen molar-refractivity contribution >= 4 is 56.1 Å². The van der Waals surface area contributed by atoms with Gasteiger partial charge in [0.1, 0.15) is 11.2 Å². The third kappa shape index (κ3) is 6.35. The molecule has 1 aliphatic rings. The van der Waals surface area contributed by atoms with Gasteiger partial charge < -0.3 is 14.2 Å². The van der Waals surface area contributed by atoms with E-state index >= 15 is 0 Å². The molecule has 0 atom stereocenters. The molecule has 9 rings (SSSR count). The normalized spacial score (nSPS) is 13.4. The number of benzene rings is 7. The summed E-state index contributed by atoms with van der Waals surface area (Å²) in [4.78, 5) is 4.70. The molecule has 0 saturated heterocycles. The number of hydrogen-bond acceptors (Lipinski definition) is 3. The van der Waals surface area contributed by atoms with E-state index in [1.807, 2.05) is 12.1 Å². The highest BCUT2D eigenvalue weighted by Crippen LogP contribution is 2.43. The summed E-state index contributed by atoms with van der Waals surface area (Å²) in [6, 6.07) is 63.3. The summed E-state index contributed by atoms with van der Waals surface area (Å²) in [6.45, 7) is 0. The second-order valence-corrected chi connectivity index (χ2v) is 14.0. The second kappa shape index (κ2) is 14.3. The van der Waals surface area contributed by atoms with Gasteiger partial charge in [0.15, 0.2) is 0 Å². The molecule has 8 aromatic rings. The van der Waals surface area contributed by atoms with Crippen LogP contribution in [-0.4, -0.2) is 0 Å². The SMILES string of the molecule is c1ccc(N(c2ccc(Cc3ccc(N(c4ccccc4)c4cccc5oc6ccccc6c45)cc3)cc2)c2ccc(C3CCCCC3)cc2)cc1. The summed E-state index contributed by atoms with van der Waals surface area (Å²) in [7, 11) is 0. The van der Waals surface area contributed by atoms with Crippen LogP contribution in [0.25, 0.3) is 21.9 Å². The van der Waals surface area contributed by atoms with Crippen molar-refractivity contribution in [2.75, 3.05) is 9.80 Å². The van der Waals surface area contributed by atoms with E-state index in [2.05, 4.69) is 174 Å². The second-order valence-electron chi connectivity index (χ2n) is 14.0. The fourth-order valence-corrected chi connectivity index (χ4v) is 8.06. The average molecular weight is 675 g/mol. The van der Waals surface area contributed by atoms with Gasteiger partial charge in [0.25, 0.3) is 0 Å². The van der Waals surface area contributed by atoms with Crippen LogP contribution in [0, 0.1) is 0 Å². The molecule has 1 heterocycles. The summed E-state index contributed by atoms with van der Waals surface area (Å²) >= 11 is 0. The summed E-state index contributed by atoms with van der Waals surface area (Å²) in [5.41, 5.74) is 12.7. The number of anilines is 6. The third-order valence-electron chi connectivity index (χ3n) is 10.7. The molecular weight excluding hydrogens is 633 g/mol. The van der Waals surface area contributed by atoms with Crippen molar-refractivity contribution in [3.05, 3.63) is 193 Å². The highest BCUT2D eigenvalue weighted by Gasteiger charge is 2.20. The van der Waals surface area contributed by atoms with Gasteiger partial charge in [-0.3, -0.25) is 0 Å². The molecule has 3 nitrogen and oxygen atoms in total. The van der Waals surface area contributed by atoms with Gasteiger partial charge in [-0.1, -0.05) is 116 Å². The predicted molar refractivity (Wildman–Crippen MR) is 218 cm³/mol. The molecule has 52 heavy (non-hydrogen) atoms. The molecule has 0 radical (unpaired) electrons. The molecule has 254 valence electrons.